The molecule has 0 spiro atoms. The van der Waals surface area contributed by atoms with Gasteiger partial charge in [-0.15, -0.1) is 0 Å². The summed E-state index contributed by atoms with van der Waals surface area (Å²) in [7, 11) is 3.31. The maximum Gasteiger partial charge on any atom is 0.173 e. The van der Waals surface area contributed by atoms with Crippen LogP contribution in [-0.4, -0.2) is 27.1 Å². The third-order valence-electron chi connectivity index (χ3n) is 2.61. The van der Waals surface area contributed by atoms with Gasteiger partial charge in [-0.1, -0.05) is 12.0 Å². The average Bonchev–Trinajstić information content (AvgIpc) is 2.26. The average molecular weight is 199 g/mol. The predicted octanol–water partition coefficient (Wildman–Crippen LogP) is 2.04. The van der Waals surface area contributed by atoms with Crippen molar-refractivity contribution in [2.24, 2.45) is 0 Å². The van der Waals surface area contributed by atoms with Crippen LogP contribution in [0.5, 0.6) is 0 Å². The zero-order chi connectivity index (χ0) is 10.2. The number of rotatable bonds is 5. The van der Waals surface area contributed by atoms with Crippen molar-refractivity contribution < 1.29 is 9.47 Å². The summed E-state index contributed by atoms with van der Waals surface area (Å²) in [5, 5.41) is 3.24. The van der Waals surface area contributed by atoms with E-state index in [1.165, 1.54) is 37.7 Å². The Balaban J connectivity index is 2.17. The molecule has 0 bridgehead atoms. The Labute approximate surface area is 86.5 Å². The quantitative estimate of drug-likeness (QED) is 0.687. The maximum atomic E-state index is 5.07. The van der Waals surface area contributed by atoms with Crippen LogP contribution in [0.1, 0.15) is 32.1 Å². The highest BCUT2D eigenvalue weighted by Crippen LogP contribution is 2.21. The highest BCUT2D eigenvalue weighted by Gasteiger charge is 2.05. The lowest BCUT2D eigenvalue weighted by atomic mass is 9.96. The van der Waals surface area contributed by atoms with E-state index in [0.717, 1.165) is 6.54 Å². The Morgan fingerprint density at radius 2 is 1.86 bits per heavy atom. The van der Waals surface area contributed by atoms with Crippen LogP contribution in [0.4, 0.5) is 0 Å². The lowest BCUT2D eigenvalue weighted by molar-refractivity contribution is -0.0972. The number of hydrogen-bond donors (Lipinski definition) is 1. The molecule has 0 saturated heterocycles. The van der Waals surface area contributed by atoms with Gasteiger partial charge in [-0.25, -0.2) is 0 Å². The zero-order valence-electron chi connectivity index (χ0n) is 9.21. The number of nitrogens with one attached hydrogen (secondary N) is 1. The second-order valence-electron chi connectivity index (χ2n) is 3.67. The molecule has 0 aromatic rings. The molecule has 0 atom stereocenters. The van der Waals surface area contributed by atoms with Crippen molar-refractivity contribution in [1.29, 1.82) is 0 Å². The zero-order valence-corrected chi connectivity index (χ0v) is 9.21. The van der Waals surface area contributed by atoms with E-state index in [4.69, 9.17) is 9.47 Å². The first-order valence-corrected chi connectivity index (χ1v) is 5.33. The van der Waals surface area contributed by atoms with Crippen molar-refractivity contribution >= 4 is 0 Å². The smallest absolute Gasteiger partial charge is 0.173 e. The van der Waals surface area contributed by atoms with Gasteiger partial charge >= 0.3 is 0 Å². The molecular formula is C11H21NO2. The standard InChI is InChI=1S/C11H21NO2/c1-13-11(14-2)9-12-8-10-6-4-3-5-7-10/h8,11-12H,3-7,9H2,1-2H3. The second-order valence-corrected chi connectivity index (χ2v) is 3.67. The summed E-state index contributed by atoms with van der Waals surface area (Å²) in [6, 6.07) is 0. The van der Waals surface area contributed by atoms with E-state index >= 15 is 0 Å². The first-order chi connectivity index (χ1) is 6.86. The van der Waals surface area contributed by atoms with Crippen molar-refractivity contribution in [2.45, 2.75) is 38.4 Å². The summed E-state index contributed by atoms with van der Waals surface area (Å²) in [4.78, 5) is 0. The molecule has 1 fully saturated rings. The Morgan fingerprint density at radius 1 is 1.21 bits per heavy atom. The highest BCUT2D eigenvalue weighted by molar-refractivity contribution is 5.02. The van der Waals surface area contributed by atoms with Gasteiger partial charge in [-0.05, 0) is 31.9 Å². The molecule has 3 heteroatoms. The summed E-state index contributed by atoms with van der Waals surface area (Å²) in [6.45, 7) is 0.719. The molecule has 0 heterocycles. The molecular weight excluding hydrogens is 178 g/mol. The van der Waals surface area contributed by atoms with Gasteiger partial charge in [-0.3, -0.25) is 0 Å². The van der Waals surface area contributed by atoms with E-state index in [1.807, 2.05) is 0 Å². The minimum Gasteiger partial charge on any atom is -0.386 e. The number of hydrogen-bond acceptors (Lipinski definition) is 3. The van der Waals surface area contributed by atoms with Crippen molar-refractivity contribution in [2.75, 3.05) is 20.8 Å². The van der Waals surface area contributed by atoms with Crippen LogP contribution in [0.25, 0.3) is 0 Å². The molecule has 0 radical (unpaired) electrons. The molecule has 0 aromatic carbocycles. The van der Waals surface area contributed by atoms with Crippen molar-refractivity contribution in [3.63, 3.8) is 0 Å². The third kappa shape index (κ3) is 4.11. The van der Waals surface area contributed by atoms with E-state index in [2.05, 4.69) is 11.5 Å². The molecule has 0 amide bonds. The SMILES string of the molecule is COC(CNC=C1CCCCC1)OC. The van der Waals surface area contributed by atoms with Gasteiger partial charge in [0.05, 0.1) is 6.54 Å². The Hall–Kier alpha value is -0.540. The Morgan fingerprint density at radius 3 is 2.43 bits per heavy atom. The Bertz CT molecular complexity index is 168. The number of methoxy groups -OCH3 is 2. The monoisotopic (exact) mass is 199 g/mol. The van der Waals surface area contributed by atoms with Crippen molar-refractivity contribution in [1.82, 2.24) is 5.32 Å². The highest BCUT2D eigenvalue weighted by atomic mass is 16.7. The summed E-state index contributed by atoms with van der Waals surface area (Å²) in [5.41, 5.74) is 1.53. The van der Waals surface area contributed by atoms with Crippen LogP contribution in [0.15, 0.2) is 11.8 Å². The van der Waals surface area contributed by atoms with Crippen LogP contribution >= 0.6 is 0 Å². The van der Waals surface area contributed by atoms with Gasteiger partial charge in [0.2, 0.25) is 0 Å². The summed E-state index contributed by atoms with van der Waals surface area (Å²) in [5.74, 6) is 0. The predicted molar refractivity (Wildman–Crippen MR) is 57.0 cm³/mol. The van der Waals surface area contributed by atoms with Gasteiger partial charge < -0.3 is 14.8 Å². The van der Waals surface area contributed by atoms with Crippen LogP contribution < -0.4 is 5.32 Å². The summed E-state index contributed by atoms with van der Waals surface area (Å²) >= 11 is 0. The Kier molecular flexibility index (Phi) is 5.64. The summed E-state index contributed by atoms with van der Waals surface area (Å²) < 4.78 is 10.1. The molecule has 1 N–H and O–H groups in total. The van der Waals surface area contributed by atoms with Crippen LogP contribution in [0.3, 0.4) is 0 Å². The van der Waals surface area contributed by atoms with E-state index in [1.54, 1.807) is 14.2 Å². The fraction of sp³-hybridized carbons (Fsp3) is 0.818. The maximum absolute atomic E-state index is 5.07. The third-order valence-corrected chi connectivity index (χ3v) is 2.61. The fourth-order valence-corrected chi connectivity index (χ4v) is 1.71. The number of ether oxygens (including phenoxy) is 2. The molecule has 0 aliphatic heterocycles. The van der Waals surface area contributed by atoms with Crippen LogP contribution in [0, 0.1) is 0 Å². The van der Waals surface area contributed by atoms with Crippen LogP contribution in [-0.2, 0) is 9.47 Å². The van der Waals surface area contributed by atoms with Crippen molar-refractivity contribution in [3.8, 4) is 0 Å². The molecule has 82 valence electrons. The lowest BCUT2D eigenvalue weighted by Crippen LogP contribution is -2.26. The molecule has 1 aliphatic carbocycles. The molecule has 0 unspecified atom stereocenters. The van der Waals surface area contributed by atoms with E-state index in [9.17, 15) is 0 Å². The first kappa shape index (κ1) is 11.5. The van der Waals surface area contributed by atoms with Gasteiger partial charge in [0, 0.05) is 14.2 Å². The minimum absolute atomic E-state index is 0.143. The fourth-order valence-electron chi connectivity index (χ4n) is 1.71. The van der Waals surface area contributed by atoms with E-state index in [0.29, 0.717) is 0 Å². The normalized spacial score (nSPS) is 17.2. The largest absolute Gasteiger partial charge is 0.386 e. The minimum atomic E-state index is -0.143. The van der Waals surface area contributed by atoms with Gasteiger partial charge in [0.1, 0.15) is 0 Å². The number of allylic oxidation sites excluding steroid dienone is 1. The van der Waals surface area contributed by atoms with Gasteiger partial charge in [0.15, 0.2) is 6.29 Å². The van der Waals surface area contributed by atoms with E-state index in [-0.39, 0.29) is 6.29 Å². The molecule has 14 heavy (non-hydrogen) atoms. The van der Waals surface area contributed by atoms with Crippen LogP contribution in [0.2, 0.25) is 0 Å². The molecule has 0 aromatic heterocycles. The first-order valence-electron chi connectivity index (χ1n) is 5.33. The second kappa shape index (κ2) is 6.85. The van der Waals surface area contributed by atoms with E-state index < -0.39 is 0 Å². The van der Waals surface area contributed by atoms with Crippen molar-refractivity contribution in [3.05, 3.63) is 11.8 Å². The molecule has 1 aliphatic rings. The molecule has 1 saturated carbocycles. The molecule has 3 nitrogen and oxygen atoms in total. The van der Waals surface area contributed by atoms with Gasteiger partial charge in [0.25, 0.3) is 0 Å². The lowest BCUT2D eigenvalue weighted by Gasteiger charge is -2.16. The van der Waals surface area contributed by atoms with Gasteiger partial charge in [-0.2, -0.15) is 0 Å². The molecule has 1 rings (SSSR count). The summed E-state index contributed by atoms with van der Waals surface area (Å²) in [6.07, 6.45) is 8.54. The topological polar surface area (TPSA) is 30.5 Å².